The topological polar surface area (TPSA) is 65.7 Å². The molecule has 0 bridgehead atoms. The van der Waals surface area contributed by atoms with Gasteiger partial charge in [-0.15, -0.1) is 11.6 Å². The molecule has 0 unspecified atom stereocenters. The third-order valence-corrected chi connectivity index (χ3v) is 3.44. The van der Waals surface area contributed by atoms with Crippen molar-refractivity contribution in [1.82, 2.24) is 0 Å². The van der Waals surface area contributed by atoms with Crippen LogP contribution in [-0.2, 0) is 4.74 Å². The van der Waals surface area contributed by atoms with Gasteiger partial charge in [0.05, 0.1) is 15.1 Å². The molecule has 0 saturated carbocycles. The molecule has 0 saturated heterocycles. The smallest absolute Gasteiger partial charge is 0.433 e. The van der Waals surface area contributed by atoms with Crippen LogP contribution in [0.15, 0.2) is 25.8 Å². The van der Waals surface area contributed by atoms with Crippen molar-refractivity contribution in [3.05, 3.63) is 26.3 Å². The van der Waals surface area contributed by atoms with E-state index in [0.717, 1.165) is 11.3 Å². The number of carbonyl (C=O) groups is 1. The van der Waals surface area contributed by atoms with Crippen molar-refractivity contribution >= 4 is 55.3 Å². The average Bonchev–Trinajstić information content (AvgIpc) is 2.66. The minimum Gasteiger partial charge on any atom is -0.433 e. The molecule has 0 aliphatic rings. The molecule has 8 heteroatoms. The average molecular weight is 354 g/mol. The van der Waals surface area contributed by atoms with Crippen molar-refractivity contribution < 1.29 is 18.7 Å². The Morgan fingerprint density at radius 3 is 3.00 bits per heavy atom. The second kappa shape index (κ2) is 5.73. The van der Waals surface area contributed by atoms with E-state index in [1.54, 1.807) is 6.07 Å². The van der Waals surface area contributed by atoms with Crippen LogP contribution in [0.5, 0.6) is 5.75 Å². The lowest BCUT2D eigenvalue weighted by molar-refractivity contribution is 0.104. The Bertz CT molecular complexity index is 635. The molecule has 0 aliphatic carbocycles. The first-order valence-corrected chi connectivity index (χ1v) is 6.88. The third-order valence-electron chi connectivity index (χ3n) is 1.88. The lowest BCUT2D eigenvalue weighted by Crippen LogP contribution is -2.12. The van der Waals surface area contributed by atoms with Gasteiger partial charge in [-0.05, 0) is 22.0 Å². The molecular weight excluding hydrogens is 348 g/mol. The number of ether oxygens (including phenoxy) is 2. The van der Waals surface area contributed by atoms with Gasteiger partial charge < -0.3 is 13.9 Å². The molecule has 96 valence electrons. The first-order valence-electron chi connectivity index (χ1n) is 4.74. The highest BCUT2D eigenvalue weighted by Crippen LogP contribution is 2.31. The molecule has 2 aromatic rings. The number of fused-ring (bicyclic) bond motifs is 1. The second-order valence-electron chi connectivity index (χ2n) is 3.07. The Hall–Kier alpha value is -1.05. The maximum Gasteiger partial charge on any atom is 0.513 e. The van der Waals surface area contributed by atoms with E-state index in [9.17, 15) is 9.59 Å². The van der Waals surface area contributed by atoms with Gasteiger partial charge in [-0.25, -0.2) is 9.59 Å². The van der Waals surface area contributed by atoms with Crippen molar-refractivity contribution in [2.75, 3.05) is 12.5 Å². The van der Waals surface area contributed by atoms with Crippen LogP contribution in [0.3, 0.4) is 0 Å². The molecule has 1 aromatic heterocycles. The van der Waals surface area contributed by atoms with Gasteiger partial charge >= 0.3 is 11.1 Å². The van der Waals surface area contributed by atoms with Gasteiger partial charge in [0.2, 0.25) is 0 Å². The molecular formula is C10H6BrClO5S. The highest BCUT2D eigenvalue weighted by Gasteiger charge is 2.13. The van der Waals surface area contributed by atoms with Crippen LogP contribution in [0.4, 0.5) is 4.79 Å². The third kappa shape index (κ3) is 3.04. The van der Waals surface area contributed by atoms with E-state index in [1.165, 1.54) is 6.07 Å². The largest absolute Gasteiger partial charge is 0.513 e. The Morgan fingerprint density at radius 1 is 1.50 bits per heavy atom. The maximum atomic E-state index is 11.3. The van der Waals surface area contributed by atoms with Gasteiger partial charge in [0.1, 0.15) is 6.61 Å². The predicted molar refractivity (Wildman–Crippen MR) is 70.8 cm³/mol. The van der Waals surface area contributed by atoms with E-state index in [1.807, 2.05) is 0 Å². The van der Waals surface area contributed by atoms with Gasteiger partial charge in [0.15, 0.2) is 11.3 Å². The fraction of sp³-hybridized carbons (Fsp3) is 0.200. The van der Waals surface area contributed by atoms with Gasteiger partial charge in [-0.2, -0.15) is 0 Å². The molecule has 0 N–H and O–H groups in total. The zero-order chi connectivity index (χ0) is 13.1. The maximum absolute atomic E-state index is 11.3. The summed E-state index contributed by atoms with van der Waals surface area (Å²) in [6, 6.07) is 3.08. The number of hydrogen-bond donors (Lipinski definition) is 0. The van der Waals surface area contributed by atoms with Crippen LogP contribution in [0.1, 0.15) is 0 Å². The molecule has 0 spiro atoms. The quantitative estimate of drug-likeness (QED) is 0.481. The minimum absolute atomic E-state index is 0.0633. The summed E-state index contributed by atoms with van der Waals surface area (Å²) in [6.45, 7) is 0.0633. The number of alkyl halides is 1. The van der Waals surface area contributed by atoms with Crippen molar-refractivity contribution in [3.8, 4) is 5.75 Å². The molecule has 0 atom stereocenters. The lowest BCUT2D eigenvalue weighted by Gasteiger charge is -2.05. The predicted octanol–water partition coefficient (Wildman–Crippen LogP) is 3.37. The summed E-state index contributed by atoms with van der Waals surface area (Å²) in [5.74, 6) is 0.401. The molecule has 0 fully saturated rings. The van der Waals surface area contributed by atoms with Crippen molar-refractivity contribution in [3.63, 3.8) is 0 Å². The van der Waals surface area contributed by atoms with E-state index in [-0.39, 0.29) is 18.2 Å². The summed E-state index contributed by atoms with van der Waals surface area (Å²) in [7, 11) is 0. The summed E-state index contributed by atoms with van der Waals surface area (Å²) >= 11 is 9.56. The molecule has 0 amide bonds. The van der Waals surface area contributed by atoms with Crippen LogP contribution in [0.2, 0.25) is 0 Å². The van der Waals surface area contributed by atoms with E-state index in [2.05, 4.69) is 20.7 Å². The Labute approximate surface area is 118 Å². The summed E-state index contributed by atoms with van der Waals surface area (Å²) in [5, 5.41) is 0. The summed E-state index contributed by atoms with van der Waals surface area (Å²) < 4.78 is 15.7. The van der Waals surface area contributed by atoms with E-state index in [4.69, 9.17) is 20.8 Å². The highest BCUT2D eigenvalue weighted by atomic mass is 79.9. The number of carbonyl (C=O) groups excluding carboxylic acids is 1. The van der Waals surface area contributed by atoms with Crippen LogP contribution >= 0.6 is 38.9 Å². The second-order valence-corrected chi connectivity index (χ2v) is 5.28. The van der Waals surface area contributed by atoms with Gasteiger partial charge in [0.25, 0.3) is 0 Å². The van der Waals surface area contributed by atoms with Crippen LogP contribution in [0.25, 0.3) is 10.3 Å². The first-order chi connectivity index (χ1) is 8.60. The number of rotatable bonds is 3. The van der Waals surface area contributed by atoms with E-state index in [0.29, 0.717) is 14.8 Å². The highest BCUT2D eigenvalue weighted by molar-refractivity contribution is 9.10. The monoisotopic (exact) mass is 352 g/mol. The van der Waals surface area contributed by atoms with Gasteiger partial charge in [0, 0.05) is 6.07 Å². The fourth-order valence-electron chi connectivity index (χ4n) is 1.20. The summed E-state index contributed by atoms with van der Waals surface area (Å²) in [6.07, 6.45) is -0.867. The number of benzene rings is 1. The van der Waals surface area contributed by atoms with Crippen molar-refractivity contribution in [2.45, 2.75) is 0 Å². The Morgan fingerprint density at radius 2 is 2.28 bits per heavy atom. The van der Waals surface area contributed by atoms with E-state index < -0.39 is 11.1 Å². The lowest BCUT2D eigenvalue weighted by atomic mass is 10.3. The minimum atomic E-state index is -0.867. The molecule has 0 aliphatic heterocycles. The van der Waals surface area contributed by atoms with Crippen molar-refractivity contribution in [1.29, 1.82) is 0 Å². The molecule has 1 heterocycles. The summed E-state index contributed by atoms with van der Waals surface area (Å²) in [4.78, 5) is 21.9. The molecule has 0 radical (unpaired) electrons. The SMILES string of the molecule is O=C(OCCCl)Oc1cc2oc(=O)sc2cc1Br. The molecule has 1 aromatic carbocycles. The normalized spacial score (nSPS) is 10.6. The zero-order valence-corrected chi connectivity index (χ0v) is 11.9. The van der Waals surface area contributed by atoms with Crippen LogP contribution < -0.4 is 9.68 Å². The van der Waals surface area contributed by atoms with Gasteiger partial charge in [-0.1, -0.05) is 11.3 Å². The number of hydrogen-bond acceptors (Lipinski definition) is 6. The van der Waals surface area contributed by atoms with E-state index >= 15 is 0 Å². The molecule has 5 nitrogen and oxygen atoms in total. The zero-order valence-electron chi connectivity index (χ0n) is 8.77. The first kappa shape index (κ1) is 13.4. The fourth-order valence-corrected chi connectivity index (χ4v) is 2.54. The van der Waals surface area contributed by atoms with Crippen LogP contribution in [-0.4, -0.2) is 18.6 Å². The molecule has 2 rings (SSSR count). The van der Waals surface area contributed by atoms with Crippen molar-refractivity contribution in [2.24, 2.45) is 0 Å². The Kier molecular flexibility index (Phi) is 4.26. The summed E-state index contributed by atoms with van der Waals surface area (Å²) in [5.41, 5.74) is 0.355. The standard InChI is InChI=1S/C10H6BrClO5S/c11-5-3-8-7(17-10(14)18-8)4-6(5)16-9(13)15-2-1-12/h3-4H,1-2H2. The molecule has 18 heavy (non-hydrogen) atoms. The van der Waals surface area contributed by atoms with Crippen LogP contribution in [0, 0.1) is 0 Å². The Balaban J connectivity index is 2.24. The van der Waals surface area contributed by atoms with Gasteiger partial charge in [-0.3, -0.25) is 0 Å². The number of halogens is 2.